The molecule has 2 aliphatic rings. The molecule has 0 spiro atoms. The number of carbonyl (C=O) groups excluding carboxylic acids is 2. The Bertz CT molecular complexity index is 1140. The van der Waals surface area contributed by atoms with Crippen molar-refractivity contribution < 1.29 is 19.5 Å². The van der Waals surface area contributed by atoms with Crippen LogP contribution in [0.2, 0.25) is 5.02 Å². The summed E-state index contributed by atoms with van der Waals surface area (Å²) < 4.78 is 0. The first-order valence-electron chi connectivity index (χ1n) is 9.48. The fraction of sp³-hybridized carbons (Fsp3) is 0.130. The van der Waals surface area contributed by atoms with Crippen LogP contribution in [0.4, 0.5) is 11.4 Å². The molecule has 0 radical (unpaired) electrons. The summed E-state index contributed by atoms with van der Waals surface area (Å²) in [6.07, 6.45) is -0.999. The molecule has 30 heavy (non-hydrogen) atoms. The van der Waals surface area contributed by atoms with E-state index in [1.165, 1.54) is 0 Å². The molecule has 2 saturated heterocycles. The predicted octanol–water partition coefficient (Wildman–Crippen LogP) is 4.10. The molecule has 2 aliphatic heterocycles. The van der Waals surface area contributed by atoms with Gasteiger partial charge in [-0.25, -0.2) is 9.96 Å². The van der Waals surface area contributed by atoms with E-state index in [1.807, 2.05) is 30.3 Å². The number of hydrogen-bond donors (Lipinski definition) is 1. The van der Waals surface area contributed by atoms with Gasteiger partial charge in [0.2, 0.25) is 5.91 Å². The Balaban J connectivity index is 1.61. The zero-order valence-corrected chi connectivity index (χ0v) is 16.4. The van der Waals surface area contributed by atoms with Crippen molar-refractivity contribution >= 4 is 34.8 Å². The molecular formula is C23H17ClN2O4. The van der Waals surface area contributed by atoms with E-state index in [2.05, 4.69) is 0 Å². The van der Waals surface area contributed by atoms with Crippen molar-refractivity contribution in [3.05, 3.63) is 89.4 Å². The molecule has 2 amide bonds. The monoisotopic (exact) mass is 420 g/mol. The van der Waals surface area contributed by atoms with Crippen LogP contribution in [0.1, 0.15) is 11.6 Å². The third-order valence-electron chi connectivity index (χ3n) is 5.45. The Morgan fingerprint density at radius 2 is 1.53 bits per heavy atom. The highest BCUT2D eigenvalue weighted by molar-refractivity contribution is 6.31. The van der Waals surface area contributed by atoms with Gasteiger partial charge >= 0.3 is 0 Å². The van der Waals surface area contributed by atoms with Crippen LogP contribution in [0, 0.1) is 5.92 Å². The van der Waals surface area contributed by atoms with Crippen molar-refractivity contribution in [2.24, 2.45) is 5.92 Å². The van der Waals surface area contributed by atoms with Crippen LogP contribution in [0.25, 0.3) is 0 Å². The van der Waals surface area contributed by atoms with Crippen LogP contribution in [0.3, 0.4) is 0 Å². The number of phenolic OH excluding ortho intramolecular Hbond substituents is 1. The number of anilines is 2. The smallest absolute Gasteiger partial charge is 0.266 e. The van der Waals surface area contributed by atoms with Gasteiger partial charge in [0.25, 0.3) is 5.91 Å². The van der Waals surface area contributed by atoms with Crippen LogP contribution >= 0.6 is 11.6 Å². The third-order valence-corrected chi connectivity index (χ3v) is 5.68. The number of imide groups is 1. The highest BCUT2D eigenvalue weighted by atomic mass is 35.5. The van der Waals surface area contributed by atoms with E-state index in [-0.39, 0.29) is 11.7 Å². The highest BCUT2D eigenvalue weighted by Gasteiger charge is 2.60. The number of carbonyl (C=O) groups is 2. The summed E-state index contributed by atoms with van der Waals surface area (Å²) in [6, 6.07) is 21.9. The minimum absolute atomic E-state index is 0.0362. The summed E-state index contributed by atoms with van der Waals surface area (Å²) in [5, 5.41) is 12.5. The van der Waals surface area contributed by atoms with E-state index in [0.717, 1.165) is 4.90 Å². The molecule has 0 unspecified atom stereocenters. The molecule has 1 N–H and O–H groups in total. The molecule has 5 rings (SSSR count). The van der Waals surface area contributed by atoms with Gasteiger partial charge < -0.3 is 5.11 Å². The van der Waals surface area contributed by atoms with Crippen LogP contribution < -0.4 is 9.96 Å². The standard InChI is InChI=1S/C23H17ClN2O4/c24-14-7-6-10-16(13-14)25-22(28)19-20(17-11-4-5-12-18(17)27)26(30-21(19)23(25)29)15-8-2-1-3-9-15/h1-13,19-21,27H/t19-,20-,21-/m1/s1. The van der Waals surface area contributed by atoms with E-state index in [9.17, 15) is 14.7 Å². The van der Waals surface area contributed by atoms with Gasteiger partial charge in [0.05, 0.1) is 17.4 Å². The van der Waals surface area contributed by atoms with Gasteiger partial charge in [-0.05, 0) is 36.4 Å². The lowest BCUT2D eigenvalue weighted by Crippen LogP contribution is -2.37. The van der Waals surface area contributed by atoms with E-state index in [4.69, 9.17) is 16.4 Å². The highest BCUT2D eigenvalue weighted by Crippen LogP contribution is 2.49. The number of halogens is 1. The van der Waals surface area contributed by atoms with E-state index in [0.29, 0.717) is 22.0 Å². The maximum absolute atomic E-state index is 13.5. The lowest BCUT2D eigenvalue weighted by molar-refractivity contribution is -0.126. The maximum atomic E-state index is 13.5. The van der Waals surface area contributed by atoms with Crippen molar-refractivity contribution in [3.8, 4) is 5.75 Å². The number of fused-ring (bicyclic) bond motifs is 1. The topological polar surface area (TPSA) is 70.1 Å². The minimum atomic E-state index is -0.999. The Labute approximate surface area is 177 Å². The first kappa shape index (κ1) is 18.7. The average molecular weight is 421 g/mol. The Morgan fingerprint density at radius 3 is 2.27 bits per heavy atom. The molecule has 7 heteroatoms. The quantitative estimate of drug-likeness (QED) is 0.646. The molecule has 2 heterocycles. The molecule has 0 aromatic heterocycles. The first-order valence-corrected chi connectivity index (χ1v) is 9.86. The Hall–Kier alpha value is -3.35. The van der Waals surface area contributed by atoms with E-state index in [1.54, 1.807) is 53.6 Å². The summed E-state index contributed by atoms with van der Waals surface area (Å²) in [4.78, 5) is 33.8. The van der Waals surface area contributed by atoms with Crippen LogP contribution in [-0.2, 0) is 14.4 Å². The molecule has 0 aliphatic carbocycles. The first-order chi connectivity index (χ1) is 14.6. The number of aromatic hydroxyl groups is 1. The molecule has 3 aromatic carbocycles. The molecular weight excluding hydrogens is 404 g/mol. The minimum Gasteiger partial charge on any atom is -0.508 e. The van der Waals surface area contributed by atoms with Gasteiger partial charge in [0.1, 0.15) is 11.7 Å². The molecule has 0 bridgehead atoms. The number of phenols is 1. The third kappa shape index (κ3) is 2.84. The molecule has 0 saturated carbocycles. The number of benzene rings is 3. The lowest BCUT2D eigenvalue weighted by Gasteiger charge is -2.29. The number of nitrogens with zero attached hydrogens (tertiary/aromatic N) is 2. The zero-order valence-electron chi connectivity index (χ0n) is 15.7. The lowest BCUT2D eigenvalue weighted by atomic mass is 9.90. The van der Waals surface area contributed by atoms with Gasteiger partial charge in [-0.3, -0.25) is 14.4 Å². The molecule has 150 valence electrons. The molecule has 3 aromatic rings. The number of para-hydroxylation sites is 2. The van der Waals surface area contributed by atoms with Crippen molar-refractivity contribution in [1.29, 1.82) is 0 Å². The van der Waals surface area contributed by atoms with E-state index >= 15 is 0 Å². The largest absolute Gasteiger partial charge is 0.508 e. The number of amides is 2. The van der Waals surface area contributed by atoms with Gasteiger partial charge in [-0.1, -0.05) is 54.1 Å². The van der Waals surface area contributed by atoms with Crippen LogP contribution in [0.5, 0.6) is 5.75 Å². The van der Waals surface area contributed by atoms with Gasteiger partial charge in [-0.2, -0.15) is 0 Å². The van der Waals surface area contributed by atoms with Gasteiger partial charge in [-0.15, -0.1) is 0 Å². The van der Waals surface area contributed by atoms with E-state index < -0.39 is 24.0 Å². The number of rotatable bonds is 3. The number of hydroxylamine groups is 1. The van der Waals surface area contributed by atoms with Crippen LogP contribution in [-0.4, -0.2) is 23.0 Å². The Morgan fingerprint density at radius 1 is 0.833 bits per heavy atom. The number of hydrogen-bond acceptors (Lipinski definition) is 5. The second-order valence-corrected chi connectivity index (χ2v) is 7.64. The SMILES string of the molecule is O=C1[C@@H]2[C@@H](c3ccccc3O)N(c3ccccc3)O[C@H]2C(=O)N1c1cccc(Cl)c1. The van der Waals surface area contributed by atoms with Crippen molar-refractivity contribution in [3.63, 3.8) is 0 Å². The normalized spacial score (nSPS) is 23.2. The average Bonchev–Trinajstić information content (AvgIpc) is 3.25. The fourth-order valence-electron chi connectivity index (χ4n) is 4.14. The van der Waals surface area contributed by atoms with Crippen LogP contribution in [0.15, 0.2) is 78.9 Å². The van der Waals surface area contributed by atoms with Gasteiger partial charge in [0.15, 0.2) is 6.10 Å². The summed E-state index contributed by atoms with van der Waals surface area (Å²) in [7, 11) is 0. The van der Waals surface area contributed by atoms with Crippen molar-refractivity contribution in [2.75, 3.05) is 9.96 Å². The second-order valence-electron chi connectivity index (χ2n) is 7.21. The van der Waals surface area contributed by atoms with Crippen molar-refractivity contribution in [2.45, 2.75) is 12.1 Å². The molecule has 2 fully saturated rings. The Kier molecular flexibility index (Phi) is 4.46. The maximum Gasteiger partial charge on any atom is 0.266 e. The molecule has 6 nitrogen and oxygen atoms in total. The van der Waals surface area contributed by atoms with Gasteiger partial charge in [0, 0.05) is 10.6 Å². The molecule has 3 atom stereocenters. The predicted molar refractivity (Wildman–Crippen MR) is 112 cm³/mol. The zero-order chi connectivity index (χ0) is 20.8. The summed E-state index contributed by atoms with van der Waals surface area (Å²) >= 11 is 6.07. The fourth-order valence-corrected chi connectivity index (χ4v) is 4.32. The summed E-state index contributed by atoms with van der Waals surface area (Å²) in [5.74, 6) is -1.62. The second kappa shape index (κ2) is 7.16. The summed E-state index contributed by atoms with van der Waals surface area (Å²) in [5.41, 5.74) is 1.61. The summed E-state index contributed by atoms with van der Waals surface area (Å²) in [6.45, 7) is 0. The van der Waals surface area contributed by atoms with Crippen molar-refractivity contribution in [1.82, 2.24) is 0 Å².